The van der Waals surface area contributed by atoms with Crippen LogP contribution < -0.4 is 10.1 Å². The topological polar surface area (TPSA) is 86.4 Å². The molecule has 0 amide bonds. The van der Waals surface area contributed by atoms with E-state index in [2.05, 4.69) is 15.0 Å². The lowest BCUT2D eigenvalue weighted by atomic mass is 10.1. The molecule has 0 bridgehead atoms. The Bertz CT molecular complexity index is 1250. The monoisotopic (exact) mass is 433 g/mol. The third kappa shape index (κ3) is 3.94. The van der Waals surface area contributed by atoms with Crippen LogP contribution in [0.3, 0.4) is 0 Å². The summed E-state index contributed by atoms with van der Waals surface area (Å²) >= 11 is 0. The summed E-state index contributed by atoms with van der Waals surface area (Å²) in [5, 5.41) is 17.9. The lowest BCUT2D eigenvalue weighted by Gasteiger charge is -2.15. The Morgan fingerprint density at radius 2 is 2.03 bits per heavy atom. The van der Waals surface area contributed by atoms with Crippen LogP contribution in [0.1, 0.15) is 24.4 Å². The molecule has 32 heavy (non-hydrogen) atoms. The van der Waals surface area contributed by atoms with Crippen molar-refractivity contribution in [1.29, 1.82) is 0 Å². The van der Waals surface area contributed by atoms with Crippen molar-refractivity contribution >= 4 is 16.7 Å². The number of rotatable bonds is 7. The second kappa shape index (κ2) is 8.64. The minimum atomic E-state index is -1.16. The molecule has 4 aromatic rings. The van der Waals surface area contributed by atoms with Gasteiger partial charge in [0.2, 0.25) is 6.41 Å². The Balaban J connectivity index is 1.25. The number of para-hydroxylation sites is 1. The van der Waals surface area contributed by atoms with Gasteiger partial charge in [-0.15, -0.1) is 0 Å². The number of aliphatic hydroxyl groups is 1. The number of anilines is 1. The fourth-order valence-electron chi connectivity index (χ4n) is 4.24. The molecular weight excluding hydrogens is 406 g/mol. The first kappa shape index (κ1) is 20.5. The summed E-state index contributed by atoms with van der Waals surface area (Å²) in [6, 6.07) is 15.6. The highest BCUT2D eigenvalue weighted by Crippen LogP contribution is 2.29. The molecule has 0 saturated heterocycles. The highest BCUT2D eigenvalue weighted by Gasteiger charge is 2.16. The number of fused-ring (bicyclic) bond motifs is 3. The number of nitrogens with one attached hydrogen (secondary N) is 1. The smallest absolute Gasteiger partial charge is 0.235 e. The van der Waals surface area contributed by atoms with Crippen molar-refractivity contribution in [2.75, 3.05) is 12.4 Å². The molecule has 2 N–H and O–H groups in total. The summed E-state index contributed by atoms with van der Waals surface area (Å²) in [6.07, 6.45) is 2.24. The molecule has 2 aromatic carbocycles. The van der Waals surface area contributed by atoms with E-state index in [0.717, 1.165) is 58.2 Å². The van der Waals surface area contributed by atoms with Crippen LogP contribution >= 0.6 is 0 Å². The number of aliphatic hydroxyl groups excluding tert-OH is 1. The van der Waals surface area contributed by atoms with Crippen molar-refractivity contribution in [2.24, 2.45) is 7.05 Å². The number of hydrogen-bond donors (Lipinski definition) is 2. The molecule has 1 atom stereocenters. The largest absolute Gasteiger partial charge is 0.496 e. The maximum Gasteiger partial charge on any atom is 0.235 e. The summed E-state index contributed by atoms with van der Waals surface area (Å²) in [7, 11) is 3.50. The zero-order chi connectivity index (χ0) is 22.1. The second-order valence-corrected chi connectivity index (χ2v) is 7.99. The summed E-state index contributed by atoms with van der Waals surface area (Å²) in [6.45, 7) is 1.22. The van der Waals surface area contributed by atoms with E-state index in [0.29, 0.717) is 0 Å². The number of aryl methyl sites for hydroxylation is 3. The van der Waals surface area contributed by atoms with E-state index in [9.17, 15) is 5.11 Å². The van der Waals surface area contributed by atoms with Gasteiger partial charge in [-0.1, -0.05) is 12.1 Å². The molecule has 3 heterocycles. The fourth-order valence-corrected chi connectivity index (χ4v) is 4.24. The minimum absolute atomic E-state index is 0.202. The lowest BCUT2D eigenvalue weighted by Crippen LogP contribution is -2.22. The molecule has 0 spiro atoms. The van der Waals surface area contributed by atoms with Gasteiger partial charge < -0.3 is 24.5 Å². The summed E-state index contributed by atoms with van der Waals surface area (Å²) < 4.78 is 15.1. The van der Waals surface area contributed by atoms with Crippen LogP contribution in [-0.2, 0) is 31.4 Å². The minimum Gasteiger partial charge on any atom is -0.496 e. The van der Waals surface area contributed by atoms with Crippen LogP contribution in [0.25, 0.3) is 22.3 Å². The van der Waals surface area contributed by atoms with Crippen LogP contribution in [0.15, 0.2) is 48.5 Å². The molecule has 8 heteroatoms. The number of aromatic nitrogens is 4. The van der Waals surface area contributed by atoms with Crippen molar-refractivity contribution in [1.82, 2.24) is 19.3 Å². The molecule has 0 radical (unpaired) electrons. The Kier molecular flexibility index (Phi) is 5.55. The first-order valence-corrected chi connectivity index (χ1v) is 10.8. The Labute approximate surface area is 186 Å². The maximum absolute atomic E-state index is 10.4. The normalized spacial score (nSPS) is 14.3. The Morgan fingerprint density at radius 3 is 2.91 bits per heavy atom. The number of benzene rings is 2. The summed E-state index contributed by atoms with van der Waals surface area (Å²) in [5.41, 5.74) is 5.38. The van der Waals surface area contributed by atoms with Crippen molar-refractivity contribution < 1.29 is 14.6 Å². The van der Waals surface area contributed by atoms with E-state index in [1.807, 2.05) is 55.6 Å². The molecule has 1 unspecified atom stereocenters. The zero-order valence-electron chi connectivity index (χ0n) is 18.3. The van der Waals surface area contributed by atoms with Gasteiger partial charge in [-0.3, -0.25) is 4.68 Å². The number of imidazole rings is 1. The highest BCUT2D eigenvalue weighted by molar-refractivity contribution is 5.80. The molecule has 1 aliphatic rings. The van der Waals surface area contributed by atoms with Gasteiger partial charge in [0.25, 0.3) is 0 Å². The van der Waals surface area contributed by atoms with Gasteiger partial charge in [0.05, 0.1) is 36.1 Å². The quantitative estimate of drug-likeness (QED) is 0.433. The van der Waals surface area contributed by atoms with Gasteiger partial charge in [0.15, 0.2) is 0 Å². The van der Waals surface area contributed by atoms with Crippen LogP contribution in [0.2, 0.25) is 0 Å². The number of hydrogen-bond acceptors (Lipinski definition) is 6. The molecule has 166 valence electrons. The zero-order valence-corrected chi connectivity index (χ0v) is 18.3. The van der Waals surface area contributed by atoms with Crippen molar-refractivity contribution in [3.05, 3.63) is 60.0 Å². The van der Waals surface area contributed by atoms with Gasteiger partial charge in [0, 0.05) is 31.3 Å². The predicted octanol–water partition coefficient (Wildman–Crippen LogP) is 3.69. The van der Waals surface area contributed by atoms with E-state index in [1.165, 1.54) is 12.8 Å². The summed E-state index contributed by atoms with van der Waals surface area (Å²) in [5.74, 6) is 1.90. The lowest BCUT2D eigenvalue weighted by molar-refractivity contribution is -0.0887. The van der Waals surface area contributed by atoms with Crippen LogP contribution in [0, 0.1) is 0 Å². The maximum atomic E-state index is 10.4. The van der Waals surface area contributed by atoms with E-state index in [1.54, 1.807) is 11.8 Å². The van der Waals surface area contributed by atoms with Crippen LogP contribution in [0.5, 0.6) is 5.75 Å². The van der Waals surface area contributed by atoms with Crippen molar-refractivity contribution in [2.45, 2.75) is 38.8 Å². The standard InChI is InChI=1S/C24H27N5O3/c1-28-17(14-19(27-28)18-7-3-4-8-22(18)31-2)15-32-24(30)25-16-10-11-21-20(13-16)26-23-9-5-6-12-29(21)23/h3-4,7-8,10-11,13-14,24-25,30H,5-6,9,12,15H2,1-2H3. The predicted molar refractivity (Wildman–Crippen MR) is 122 cm³/mol. The fraction of sp³-hybridized carbons (Fsp3) is 0.333. The highest BCUT2D eigenvalue weighted by atomic mass is 16.6. The Hall–Kier alpha value is -3.36. The molecule has 8 nitrogen and oxygen atoms in total. The Morgan fingerprint density at radius 1 is 1.16 bits per heavy atom. The van der Waals surface area contributed by atoms with E-state index < -0.39 is 6.41 Å². The average molecular weight is 434 g/mol. The number of nitrogens with zero attached hydrogens (tertiary/aromatic N) is 4. The molecule has 0 saturated carbocycles. The van der Waals surface area contributed by atoms with Crippen LogP contribution in [0.4, 0.5) is 5.69 Å². The SMILES string of the molecule is COc1ccccc1-c1cc(COC(O)Nc2ccc3c(c2)nc2n3CCCC2)n(C)n1. The molecule has 0 fully saturated rings. The molecule has 2 aromatic heterocycles. The van der Waals surface area contributed by atoms with E-state index in [-0.39, 0.29) is 6.61 Å². The molecule has 5 rings (SSSR count). The third-order valence-corrected chi connectivity index (χ3v) is 5.90. The van der Waals surface area contributed by atoms with Crippen molar-refractivity contribution in [3.8, 4) is 17.0 Å². The summed E-state index contributed by atoms with van der Waals surface area (Å²) in [4.78, 5) is 4.75. The molecule has 1 aliphatic heterocycles. The average Bonchev–Trinajstić information content (AvgIpc) is 3.37. The second-order valence-electron chi connectivity index (χ2n) is 7.99. The van der Waals surface area contributed by atoms with Crippen LogP contribution in [-0.4, -0.2) is 38.0 Å². The number of methoxy groups -OCH3 is 1. The first-order chi connectivity index (χ1) is 15.6. The van der Waals surface area contributed by atoms with Gasteiger partial charge in [-0.25, -0.2) is 4.98 Å². The first-order valence-electron chi connectivity index (χ1n) is 10.8. The third-order valence-electron chi connectivity index (χ3n) is 5.90. The molecular formula is C24H27N5O3. The van der Waals surface area contributed by atoms with Gasteiger partial charge in [-0.2, -0.15) is 5.10 Å². The number of ether oxygens (including phenoxy) is 2. The van der Waals surface area contributed by atoms with Crippen molar-refractivity contribution in [3.63, 3.8) is 0 Å². The van der Waals surface area contributed by atoms with Gasteiger partial charge in [0.1, 0.15) is 11.6 Å². The van der Waals surface area contributed by atoms with Gasteiger partial charge >= 0.3 is 0 Å². The van der Waals surface area contributed by atoms with E-state index >= 15 is 0 Å². The van der Waals surface area contributed by atoms with E-state index in [4.69, 9.17) is 14.5 Å². The molecule has 0 aliphatic carbocycles. The van der Waals surface area contributed by atoms with Gasteiger partial charge in [-0.05, 0) is 49.2 Å².